The summed E-state index contributed by atoms with van der Waals surface area (Å²) in [5.41, 5.74) is -2.01. The SMILES string of the molecule is CCOC(=O)C(=N)C1(O)CC[C@H]2[C@@H]3CC[C@H]4CC(OC)(OC)CC[C@@H]4[C@H]3CC[C@@]21C. The quantitative estimate of drug-likeness (QED) is 0.399. The third-order valence-corrected chi connectivity index (χ3v) is 9.74. The van der Waals surface area contributed by atoms with Crippen molar-refractivity contribution in [1.82, 2.24) is 0 Å². The summed E-state index contributed by atoms with van der Waals surface area (Å²) in [5, 5.41) is 20.1. The number of aliphatic hydroxyl groups is 1. The van der Waals surface area contributed by atoms with Gasteiger partial charge in [0.05, 0.1) is 6.61 Å². The molecule has 0 aromatic carbocycles. The Hall–Kier alpha value is -0.980. The molecule has 0 heterocycles. The monoisotopic (exact) mass is 421 g/mol. The Morgan fingerprint density at radius 1 is 1.00 bits per heavy atom. The first-order valence-electron chi connectivity index (χ1n) is 11.8. The molecule has 0 spiro atoms. The Morgan fingerprint density at radius 2 is 1.70 bits per heavy atom. The van der Waals surface area contributed by atoms with Crippen LogP contribution in [0.3, 0.4) is 0 Å². The highest BCUT2D eigenvalue weighted by Gasteiger charge is 2.65. The topological polar surface area (TPSA) is 88.8 Å². The Morgan fingerprint density at radius 3 is 2.37 bits per heavy atom. The fourth-order valence-electron chi connectivity index (χ4n) is 8.08. The minimum atomic E-state index is -1.36. The van der Waals surface area contributed by atoms with Gasteiger partial charge in [-0.3, -0.25) is 5.41 Å². The number of esters is 1. The predicted molar refractivity (Wildman–Crippen MR) is 113 cm³/mol. The molecular formula is C24H39NO5. The van der Waals surface area contributed by atoms with Gasteiger partial charge in [-0.1, -0.05) is 6.92 Å². The highest BCUT2D eigenvalue weighted by atomic mass is 16.7. The van der Waals surface area contributed by atoms with E-state index in [1.165, 1.54) is 12.8 Å². The number of rotatable bonds is 5. The van der Waals surface area contributed by atoms with E-state index in [0.29, 0.717) is 36.0 Å². The van der Waals surface area contributed by atoms with E-state index in [1.54, 1.807) is 21.1 Å². The molecule has 170 valence electrons. The second-order valence-electron chi connectivity index (χ2n) is 10.4. The van der Waals surface area contributed by atoms with Crippen molar-refractivity contribution in [3.05, 3.63) is 0 Å². The van der Waals surface area contributed by atoms with Gasteiger partial charge in [0, 0.05) is 32.5 Å². The fourth-order valence-corrected chi connectivity index (χ4v) is 8.08. The normalized spacial score (nSPS) is 44.5. The van der Waals surface area contributed by atoms with Crippen LogP contribution in [-0.4, -0.2) is 49.0 Å². The molecule has 0 radical (unpaired) electrons. The number of hydrogen-bond donors (Lipinski definition) is 2. The lowest BCUT2D eigenvalue weighted by molar-refractivity contribution is -0.247. The van der Waals surface area contributed by atoms with Crippen LogP contribution in [0.4, 0.5) is 0 Å². The second kappa shape index (κ2) is 7.86. The maximum absolute atomic E-state index is 12.3. The van der Waals surface area contributed by atoms with Crippen LogP contribution in [0.5, 0.6) is 0 Å². The van der Waals surface area contributed by atoms with E-state index in [0.717, 1.165) is 38.5 Å². The van der Waals surface area contributed by atoms with Gasteiger partial charge in [0.25, 0.3) is 0 Å². The molecule has 0 saturated heterocycles. The Balaban J connectivity index is 1.53. The Labute approximate surface area is 180 Å². The number of methoxy groups -OCH3 is 2. The minimum Gasteiger partial charge on any atom is -0.461 e. The first-order chi connectivity index (χ1) is 14.2. The summed E-state index contributed by atoms with van der Waals surface area (Å²) < 4.78 is 16.6. The van der Waals surface area contributed by atoms with Crippen LogP contribution >= 0.6 is 0 Å². The average molecular weight is 422 g/mol. The van der Waals surface area contributed by atoms with E-state index < -0.39 is 22.8 Å². The van der Waals surface area contributed by atoms with E-state index >= 15 is 0 Å². The lowest BCUT2D eigenvalue weighted by atomic mass is 9.48. The van der Waals surface area contributed by atoms with Gasteiger partial charge in [-0.25, -0.2) is 4.79 Å². The highest BCUT2D eigenvalue weighted by molar-refractivity contribution is 6.38. The fraction of sp³-hybridized carbons (Fsp3) is 0.917. The van der Waals surface area contributed by atoms with Crippen molar-refractivity contribution < 1.29 is 24.1 Å². The number of carbonyl (C=O) groups excluding carboxylic acids is 1. The van der Waals surface area contributed by atoms with Gasteiger partial charge in [0.2, 0.25) is 0 Å². The molecule has 0 aliphatic heterocycles. The number of hydrogen-bond acceptors (Lipinski definition) is 6. The summed E-state index contributed by atoms with van der Waals surface area (Å²) in [6.07, 6.45) is 8.76. The maximum Gasteiger partial charge on any atom is 0.355 e. The molecule has 0 aromatic rings. The van der Waals surface area contributed by atoms with Gasteiger partial charge in [-0.15, -0.1) is 0 Å². The van der Waals surface area contributed by atoms with Gasteiger partial charge < -0.3 is 19.3 Å². The largest absolute Gasteiger partial charge is 0.461 e. The zero-order chi connectivity index (χ0) is 21.7. The lowest BCUT2D eigenvalue weighted by Gasteiger charge is -2.58. The summed E-state index contributed by atoms with van der Waals surface area (Å²) in [4.78, 5) is 12.3. The highest BCUT2D eigenvalue weighted by Crippen LogP contribution is 2.66. The summed E-state index contributed by atoms with van der Waals surface area (Å²) in [6, 6.07) is 0. The lowest BCUT2D eigenvalue weighted by Crippen LogP contribution is -2.58. The molecule has 4 fully saturated rings. The minimum absolute atomic E-state index is 0.232. The van der Waals surface area contributed by atoms with E-state index in [9.17, 15) is 9.90 Å². The first kappa shape index (κ1) is 22.2. The molecule has 2 N–H and O–H groups in total. The second-order valence-corrected chi connectivity index (χ2v) is 10.4. The molecule has 4 aliphatic rings. The summed E-state index contributed by atoms with van der Waals surface area (Å²) >= 11 is 0. The standard InChI is InChI=1S/C24H39NO5/c1-5-30-21(26)20(25)24(27)13-10-19-18-7-6-15-14-23(28-3,29-4)12-9-16(15)17(18)8-11-22(19,24)2/h15-19,25,27H,5-14H2,1-4H3/t15-,16-,17+,18+,19-,22-,24?/m0/s1. The van der Waals surface area contributed by atoms with E-state index in [2.05, 4.69) is 6.92 Å². The third kappa shape index (κ3) is 3.08. The number of carbonyl (C=O) groups is 1. The maximum atomic E-state index is 12.3. The summed E-state index contributed by atoms with van der Waals surface area (Å²) in [5.74, 6) is 1.88. The predicted octanol–water partition coefficient (Wildman–Crippen LogP) is 3.94. The van der Waals surface area contributed by atoms with Crippen molar-refractivity contribution in [2.24, 2.45) is 35.0 Å². The van der Waals surface area contributed by atoms with Gasteiger partial charge in [0.1, 0.15) is 11.3 Å². The van der Waals surface area contributed by atoms with Crippen LogP contribution in [-0.2, 0) is 19.0 Å². The van der Waals surface area contributed by atoms with Crippen molar-refractivity contribution in [3.63, 3.8) is 0 Å². The Kier molecular flexibility index (Phi) is 5.82. The van der Waals surface area contributed by atoms with Crippen LogP contribution in [0.15, 0.2) is 0 Å². The average Bonchev–Trinajstić information content (AvgIpc) is 3.04. The first-order valence-corrected chi connectivity index (χ1v) is 11.8. The van der Waals surface area contributed by atoms with Gasteiger partial charge in [-0.05, 0) is 81.5 Å². The van der Waals surface area contributed by atoms with E-state index in [-0.39, 0.29) is 12.3 Å². The van der Waals surface area contributed by atoms with Crippen LogP contribution in [0.1, 0.15) is 71.6 Å². The Bertz CT molecular complexity index is 691. The molecule has 0 amide bonds. The van der Waals surface area contributed by atoms with E-state index in [1.807, 2.05) is 0 Å². The zero-order valence-electron chi connectivity index (χ0n) is 19.0. The molecule has 0 aromatic heterocycles. The number of ether oxygens (including phenoxy) is 3. The van der Waals surface area contributed by atoms with Gasteiger partial charge in [0.15, 0.2) is 5.79 Å². The molecule has 1 unspecified atom stereocenters. The van der Waals surface area contributed by atoms with Crippen LogP contribution in [0.2, 0.25) is 0 Å². The van der Waals surface area contributed by atoms with Crippen molar-refractivity contribution >= 4 is 11.7 Å². The number of nitrogens with one attached hydrogen (secondary N) is 1. The van der Waals surface area contributed by atoms with Crippen LogP contribution in [0, 0.1) is 40.4 Å². The smallest absolute Gasteiger partial charge is 0.355 e. The van der Waals surface area contributed by atoms with Gasteiger partial charge in [-0.2, -0.15) is 0 Å². The number of fused-ring (bicyclic) bond motifs is 5. The van der Waals surface area contributed by atoms with Crippen molar-refractivity contribution in [1.29, 1.82) is 5.41 Å². The van der Waals surface area contributed by atoms with Gasteiger partial charge >= 0.3 is 5.97 Å². The molecule has 6 nitrogen and oxygen atoms in total. The molecule has 30 heavy (non-hydrogen) atoms. The molecule has 4 rings (SSSR count). The molecule has 4 aliphatic carbocycles. The molecule has 7 atom stereocenters. The van der Waals surface area contributed by atoms with Crippen molar-refractivity contribution in [3.8, 4) is 0 Å². The molecule has 4 saturated carbocycles. The summed E-state index contributed by atoms with van der Waals surface area (Å²) in [7, 11) is 3.53. The summed E-state index contributed by atoms with van der Waals surface area (Å²) in [6.45, 7) is 4.10. The van der Waals surface area contributed by atoms with Crippen LogP contribution in [0.25, 0.3) is 0 Å². The molecule has 6 heteroatoms. The molecular weight excluding hydrogens is 382 g/mol. The van der Waals surface area contributed by atoms with Crippen LogP contribution < -0.4 is 0 Å². The van der Waals surface area contributed by atoms with Crippen molar-refractivity contribution in [2.45, 2.75) is 83.0 Å². The van der Waals surface area contributed by atoms with Crippen molar-refractivity contribution in [2.75, 3.05) is 20.8 Å². The van der Waals surface area contributed by atoms with E-state index in [4.69, 9.17) is 19.6 Å². The zero-order valence-corrected chi connectivity index (χ0v) is 19.0. The molecule has 0 bridgehead atoms. The third-order valence-electron chi connectivity index (χ3n) is 9.74.